The zero-order chi connectivity index (χ0) is 11.2. The molecule has 0 spiro atoms. The molecular formula is C14H14NO. The highest BCUT2D eigenvalue weighted by molar-refractivity contribution is 5.97. The highest BCUT2D eigenvalue weighted by atomic mass is 16.1. The van der Waals surface area contributed by atoms with E-state index in [2.05, 4.69) is 5.32 Å². The van der Waals surface area contributed by atoms with Crippen LogP contribution in [0.4, 0.5) is 5.69 Å². The van der Waals surface area contributed by atoms with Gasteiger partial charge in [-0.05, 0) is 37.8 Å². The summed E-state index contributed by atoms with van der Waals surface area (Å²) in [5, 5.41) is 3.22. The Morgan fingerprint density at radius 1 is 1.06 bits per heavy atom. The van der Waals surface area contributed by atoms with Crippen LogP contribution >= 0.6 is 0 Å². The van der Waals surface area contributed by atoms with Gasteiger partial charge in [0.25, 0.3) is 0 Å². The van der Waals surface area contributed by atoms with Crippen LogP contribution in [0.15, 0.2) is 30.3 Å². The molecule has 1 aliphatic carbocycles. The summed E-state index contributed by atoms with van der Waals surface area (Å²) < 4.78 is 0. The topological polar surface area (TPSA) is 29.1 Å². The molecule has 1 aliphatic rings. The lowest BCUT2D eigenvalue weighted by Crippen LogP contribution is -2.14. The predicted octanol–water partition coefficient (Wildman–Crippen LogP) is 2.46. The summed E-state index contributed by atoms with van der Waals surface area (Å²) in [6.45, 7) is 0.675. The van der Waals surface area contributed by atoms with Gasteiger partial charge in [0.05, 0.1) is 0 Å². The van der Waals surface area contributed by atoms with Crippen molar-refractivity contribution in [2.75, 3.05) is 11.9 Å². The fourth-order valence-corrected chi connectivity index (χ4v) is 1.58. The van der Waals surface area contributed by atoms with Crippen molar-refractivity contribution in [2.24, 2.45) is 0 Å². The monoisotopic (exact) mass is 212 g/mol. The second-order valence-corrected chi connectivity index (χ2v) is 3.64. The number of hydrogen-bond acceptors (Lipinski definition) is 2. The van der Waals surface area contributed by atoms with Gasteiger partial charge in [0.1, 0.15) is 5.78 Å². The van der Waals surface area contributed by atoms with Crippen LogP contribution in [0.1, 0.15) is 6.42 Å². The van der Waals surface area contributed by atoms with E-state index in [-0.39, 0.29) is 5.78 Å². The molecular weight excluding hydrogens is 198 g/mol. The number of anilines is 1. The van der Waals surface area contributed by atoms with Crippen molar-refractivity contribution in [3.05, 3.63) is 61.9 Å². The molecule has 0 bridgehead atoms. The minimum absolute atomic E-state index is 0.188. The Morgan fingerprint density at radius 3 is 2.44 bits per heavy atom. The van der Waals surface area contributed by atoms with Crippen LogP contribution in [0.3, 0.4) is 0 Å². The maximum atomic E-state index is 11.7. The molecule has 81 valence electrons. The SMILES string of the molecule is O=C(CCNc1ccccc1)[C]1[CH][CH][CH][CH]1. The van der Waals surface area contributed by atoms with Crippen molar-refractivity contribution in [1.82, 2.24) is 0 Å². The molecule has 1 aromatic carbocycles. The molecule has 1 saturated carbocycles. The van der Waals surface area contributed by atoms with Crippen molar-refractivity contribution in [3.8, 4) is 0 Å². The Kier molecular flexibility index (Phi) is 3.97. The van der Waals surface area contributed by atoms with Crippen LogP contribution in [0.5, 0.6) is 0 Å². The molecule has 0 aromatic heterocycles. The summed E-state index contributed by atoms with van der Waals surface area (Å²) in [6, 6.07) is 9.91. The van der Waals surface area contributed by atoms with Crippen LogP contribution in [0.25, 0.3) is 0 Å². The normalized spacial score (nSPS) is 16.2. The molecule has 0 heterocycles. The molecule has 0 amide bonds. The third kappa shape index (κ3) is 3.09. The van der Waals surface area contributed by atoms with Gasteiger partial charge >= 0.3 is 0 Å². The first-order chi connectivity index (χ1) is 7.86. The van der Waals surface area contributed by atoms with E-state index in [0.717, 1.165) is 11.6 Å². The minimum Gasteiger partial charge on any atom is -0.385 e. The lowest BCUT2D eigenvalue weighted by Gasteiger charge is -2.08. The summed E-state index contributed by atoms with van der Waals surface area (Å²) >= 11 is 0. The van der Waals surface area contributed by atoms with E-state index in [1.54, 1.807) is 0 Å². The number of para-hydroxylation sites is 1. The van der Waals surface area contributed by atoms with E-state index in [1.807, 2.05) is 56.0 Å². The summed E-state index contributed by atoms with van der Waals surface area (Å²) in [5.74, 6) is 0.989. The number of nitrogens with one attached hydrogen (secondary N) is 1. The molecule has 0 saturated heterocycles. The fourth-order valence-electron chi connectivity index (χ4n) is 1.58. The van der Waals surface area contributed by atoms with Crippen LogP contribution in [-0.4, -0.2) is 12.3 Å². The Balaban J connectivity index is 1.70. The van der Waals surface area contributed by atoms with Crippen molar-refractivity contribution >= 4 is 11.5 Å². The molecule has 1 N–H and O–H groups in total. The van der Waals surface area contributed by atoms with Crippen LogP contribution < -0.4 is 5.32 Å². The summed E-state index contributed by atoms with van der Waals surface area (Å²) in [5.41, 5.74) is 1.05. The van der Waals surface area contributed by atoms with Crippen molar-refractivity contribution in [1.29, 1.82) is 0 Å². The maximum absolute atomic E-state index is 11.7. The van der Waals surface area contributed by atoms with Gasteiger partial charge in [0.2, 0.25) is 0 Å². The highest BCUT2D eigenvalue weighted by Crippen LogP contribution is 2.24. The second kappa shape index (κ2) is 5.69. The smallest absolute Gasteiger partial charge is 0.142 e. The molecule has 0 unspecified atom stereocenters. The van der Waals surface area contributed by atoms with Gasteiger partial charge in [-0.3, -0.25) is 4.79 Å². The number of carbonyl (C=O) groups excluding carboxylic acids is 1. The predicted molar refractivity (Wildman–Crippen MR) is 65.0 cm³/mol. The summed E-state index contributed by atoms with van der Waals surface area (Å²) in [4.78, 5) is 11.7. The highest BCUT2D eigenvalue weighted by Gasteiger charge is 2.23. The fraction of sp³-hybridized carbons (Fsp3) is 0.143. The van der Waals surface area contributed by atoms with Gasteiger partial charge in [0, 0.05) is 24.6 Å². The van der Waals surface area contributed by atoms with Gasteiger partial charge in [-0.25, -0.2) is 0 Å². The third-order valence-electron chi connectivity index (χ3n) is 2.44. The maximum Gasteiger partial charge on any atom is 0.142 e. The van der Waals surface area contributed by atoms with Crippen molar-refractivity contribution in [2.45, 2.75) is 6.42 Å². The number of ketones is 1. The Hall–Kier alpha value is -1.31. The van der Waals surface area contributed by atoms with Crippen LogP contribution in [-0.2, 0) is 4.79 Å². The van der Waals surface area contributed by atoms with Crippen molar-refractivity contribution < 1.29 is 4.79 Å². The largest absolute Gasteiger partial charge is 0.385 e. The average molecular weight is 212 g/mol. The van der Waals surface area contributed by atoms with Crippen LogP contribution in [0.2, 0.25) is 0 Å². The third-order valence-corrected chi connectivity index (χ3v) is 2.44. The Bertz CT molecular complexity index is 328. The lowest BCUT2D eigenvalue weighted by atomic mass is 10.0. The molecule has 2 heteroatoms. The summed E-state index contributed by atoms with van der Waals surface area (Å²) in [6.07, 6.45) is 8.00. The zero-order valence-electron chi connectivity index (χ0n) is 9.02. The number of Topliss-reactive ketones (excluding diaryl/α,β-unsaturated/α-hetero) is 1. The van der Waals surface area contributed by atoms with E-state index in [9.17, 15) is 4.79 Å². The van der Waals surface area contributed by atoms with Crippen molar-refractivity contribution in [3.63, 3.8) is 0 Å². The number of hydrogen-bond donors (Lipinski definition) is 1. The molecule has 0 aliphatic heterocycles. The zero-order valence-corrected chi connectivity index (χ0v) is 9.02. The molecule has 2 rings (SSSR count). The van der Waals surface area contributed by atoms with Gasteiger partial charge in [0.15, 0.2) is 0 Å². The number of rotatable bonds is 5. The van der Waals surface area contributed by atoms with Gasteiger partial charge in [-0.1, -0.05) is 18.2 Å². The van der Waals surface area contributed by atoms with E-state index >= 15 is 0 Å². The quantitative estimate of drug-likeness (QED) is 0.812. The average Bonchev–Trinajstić information content (AvgIpc) is 2.84. The lowest BCUT2D eigenvalue weighted by molar-refractivity contribution is -0.116. The minimum atomic E-state index is 0.188. The first kappa shape index (κ1) is 11.2. The van der Waals surface area contributed by atoms with E-state index in [0.29, 0.717) is 13.0 Å². The van der Waals surface area contributed by atoms with Gasteiger partial charge < -0.3 is 5.32 Å². The molecule has 1 aromatic rings. The molecule has 0 atom stereocenters. The Labute approximate surface area is 97.1 Å². The number of benzene rings is 1. The van der Waals surface area contributed by atoms with Crippen LogP contribution in [0, 0.1) is 31.6 Å². The number of carbonyl (C=O) groups is 1. The molecule has 5 radical (unpaired) electrons. The standard InChI is InChI=1S/C14H14NO/c16-14(12-6-4-5-7-12)10-11-15-13-8-2-1-3-9-13/h1-9,15H,10-11H2. The first-order valence-corrected chi connectivity index (χ1v) is 5.40. The molecule has 2 nitrogen and oxygen atoms in total. The van der Waals surface area contributed by atoms with E-state index < -0.39 is 0 Å². The van der Waals surface area contributed by atoms with E-state index in [4.69, 9.17) is 0 Å². The molecule has 16 heavy (non-hydrogen) atoms. The van der Waals surface area contributed by atoms with Gasteiger partial charge in [-0.15, -0.1) is 0 Å². The van der Waals surface area contributed by atoms with Gasteiger partial charge in [-0.2, -0.15) is 0 Å². The molecule has 1 fully saturated rings. The Morgan fingerprint density at radius 2 is 1.75 bits per heavy atom. The van der Waals surface area contributed by atoms with E-state index in [1.165, 1.54) is 0 Å². The second-order valence-electron chi connectivity index (χ2n) is 3.64. The first-order valence-electron chi connectivity index (χ1n) is 5.40. The summed E-state index contributed by atoms with van der Waals surface area (Å²) in [7, 11) is 0.